The van der Waals surface area contributed by atoms with Crippen molar-refractivity contribution < 1.29 is 18.7 Å². The molecule has 1 heterocycles. The van der Waals surface area contributed by atoms with E-state index < -0.39 is 11.7 Å². The summed E-state index contributed by atoms with van der Waals surface area (Å²) in [4.78, 5) is 12.2. The number of halogens is 2. The van der Waals surface area contributed by atoms with Gasteiger partial charge in [0.2, 0.25) is 0 Å². The van der Waals surface area contributed by atoms with Crippen molar-refractivity contribution in [2.75, 3.05) is 18.5 Å². The Hall–Kier alpha value is -2.27. The lowest BCUT2D eigenvalue weighted by Crippen LogP contribution is -2.17. The minimum Gasteiger partial charge on any atom is -0.486 e. The average molecular weight is 308 g/mol. The Morgan fingerprint density at radius 2 is 1.86 bits per heavy atom. The molecule has 108 valence electrons. The van der Waals surface area contributed by atoms with Crippen LogP contribution < -0.4 is 14.8 Å². The van der Waals surface area contributed by atoms with Gasteiger partial charge < -0.3 is 14.8 Å². The Kier molecular flexibility index (Phi) is 3.66. The summed E-state index contributed by atoms with van der Waals surface area (Å²) in [5, 5.41) is 2.83. The van der Waals surface area contributed by atoms with Crippen LogP contribution in [-0.4, -0.2) is 19.1 Å². The smallest absolute Gasteiger partial charge is 0.257 e. The average Bonchev–Trinajstić information content (AvgIpc) is 2.46. The van der Waals surface area contributed by atoms with Crippen LogP contribution in [0.25, 0.3) is 0 Å². The van der Waals surface area contributed by atoms with E-state index in [0.29, 0.717) is 30.4 Å². The maximum atomic E-state index is 13.1. The number of hydrogen-bond donors (Lipinski definition) is 1. The predicted molar refractivity (Wildman–Crippen MR) is 76.8 cm³/mol. The number of ether oxygens (including phenoxy) is 2. The summed E-state index contributed by atoms with van der Waals surface area (Å²) in [7, 11) is 0. The zero-order valence-corrected chi connectivity index (χ0v) is 11.6. The highest BCUT2D eigenvalue weighted by atomic mass is 35.5. The second-order valence-corrected chi connectivity index (χ2v) is 4.85. The van der Waals surface area contributed by atoms with E-state index in [0.717, 1.165) is 0 Å². The molecule has 0 bridgehead atoms. The summed E-state index contributed by atoms with van der Waals surface area (Å²) in [5.74, 6) is 0.104. The summed E-state index contributed by atoms with van der Waals surface area (Å²) >= 11 is 6.08. The molecule has 1 aliphatic heterocycles. The molecule has 2 aromatic carbocycles. The normalized spacial score (nSPS) is 12.9. The lowest BCUT2D eigenvalue weighted by Gasteiger charge is -2.19. The Labute approximate surface area is 125 Å². The maximum Gasteiger partial charge on any atom is 0.257 e. The molecule has 0 aromatic heterocycles. The summed E-state index contributed by atoms with van der Waals surface area (Å²) in [6.07, 6.45) is 0. The Bertz CT molecular complexity index is 705. The Morgan fingerprint density at radius 3 is 2.57 bits per heavy atom. The van der Waals surface area contributed by atoms with Gasteiger partial charge in [-0.1, -0.05) is 17.7 Å². The van der Waals surface area contributed by atoms with Crippen molar-refractivity contribution >= 4 is 23.2 Å². The monoisotopic (exact) mass is 307 g/mol. The van der Waals surface area contributed by atoms with Crippen molar-refractivity contribution in [2.24, 2.45) is 0 Å². The van der Waals surface area contributed by atoms with Gasteiger partial charge in [0.05, 0.1) is 10.6 Å². The number of benzene rings is 2. The molecule has 1 amide bonds. The lowest BCUT2D eigenvalue weighted by molar-refractivity contribution is 0.102. The minimum atomic E-state index is -0.442. The zero-order chi connectivity index (χ0) is 14.8. The van der Waals surface area contributed by atoms with Crippen LogP contribution >= 0.6 is 11.6 Å². The lowest BCUT2D eigenvalue weighted by atomic mass is 10.1. The fraction of sp³-hybridized carbons (Fsp3) is 0.133. The van der Waals surface area contributed by atoms with E-state index in [-0.39, 0.29) is 10.6 Å². The Balaban J connectivity index is 1.87. The van der Waals surface area contributed by atoms with Crippen LogP contribution in [0, 0.1) is 5.82 Å². The zero-order valence-electron chi connectivity index (χ0n) is 10.9. The number of nitrogens with one attached hydrogen (secondary N) is 1. The van der Waals surface area contributed by atoms with E-state index in [1.54, 1.807) is 6.07 Å². The van der Waals surface area contributed by atoms with Crippen molar-refractivity contribution in [3.05, 3.63) is 52.8 Å². The van der Waals surface area contributed by atoms with Crippen LogP contribution in [0.15, 0.2) is 36.4 Å². The minimum absolute atomic E-state index is 0.241. The standard InChI is InChI=1S/C15H11ClFNO3/c16-12-8-14-13(20-4-5-21-14)7-11(12)15(19)18-10-3-1-2-9(17)6-10/h1-3,6-8H,4-5H2,(H,18,19). The number of fused-ring (bicyclic) bond motifs is 1. The van der Waals surface area contributed by atoms with Gasteiger partial charge in [-0.15, -0.1) is 0 Å². The third-order valence-electron chi connectivity index (χ3n) is 2.96. The Morgan fingerprint density at radius 1 is 1.14 bits per heavy atom. The SMILES string of the molecule is O=C(Nc1cccc(F)c1)c1cc2c(cc1Cl)OCCO2. The number of anilines is 1. The van der Waals surface area contributed by atoms with E-state index in [9.17, 15) is 9.18 Å². The molecule has 0 spiro atoms. The first-order chi connectivity index (χ1) is 10.1. The molecule has 3 rings (SSSR count). The summed E-state index contributed by atoms with van der Waals surface area (Å²) < 4.78 is 23.9. The van der Waals surface area contributed by atoms with E-state index in [1.807, 2.05) is 0 Å². The summed E-state index contributed by atoms with van der Waals surface area (Å²) in [6.45, 7) is 0.859. The number of amides is 1. The van der Waals surface area contributed by atoms with Gasteiger partial charge in [0.25, 0.3) is 5.91 Å². The van der Waals surface area contributed by atoms with Gasteiger partial charge in [0.15, 0.2) is 11.5 Å². The third-order valence-corrected chi connectivity index (χ3v) is 3.27. The molecule has 1 N–H and O–H groups in total. The third kappa shape index (κ3) is 2.92. The van der Waals surface area contributed by atoms with Crippen molar-refractivity contribution in [1.29, 1.82) is 0 Å². The molecule has 0 saturated heterocycles. The number of rotatable bonds is 2. The highest BCUT2D eigenvalue weighted by molar-refractivity contribution is 6.34. The second-order valence-electron chi connectivity index (χ2n) is 4.44. The molecule has 0 saturated carbocycles. The number of hydrogen-bond acceptors (Lipinski definition) is 3. The molecular formula is C15H11ClFNO3. The van der Waals surface area contributed by atoms with Crippen LogP contribution in [0.4, 0.5) is 10.1 Å². The van der Waals surface area contributed by atoms with Gasteiger partial charge in [-0.05, 0) is 24.3 Å². The van der Waals surface area contributed by atoms with Crippen LogP contribution in [0.2, 0.25) is 5.02 Å². The predicted octanol–water partition coefficient (Wildman–Crippen LogP) is 3.50. The highest BCUT2D eigenvalue weighted by Crippen LogP contribution is 2.35. The first-order valence-corrected chi connectivity index (χ1v) is 6.67. The van der Waals surface area contributed by atoms with E-state index in [2.05, 4.69) is 5.32 Å². The van der Waals surface area contributed by atoms with E-state index in [1.165, 1.54) is 30.3 Å². The molecule has 6 heteroatoms. The molecule has 0 unspecified atom stereocenters. The fourth-order valence-corrected chi connectivity index (χ4v) is 2.24. The first-order valence-electron chi connectivity index (χ1n) is 6.29. The van der Waals surface area contributed by atoms with Crippen molar-refractivity contribution in [3.63, 3.8) is 0 Å². The number of carbonyl (C=O) groups is 1. The molecular weight excluding hydrogens is 297 g/mol. The van der Waals surface area contributed by atoms with Crippen molar-refractivity contribution in [2.45, 2.75) is 0 Å². The molecule has 0 fully saturated rings. The first kappa shape index (κ1) is 13.7. The summed E-state index contributed by atoms with van der Waals surface area (Å²) in [6, 6.07) is 8.68. The van der Waals surface area contributed by atoms with Gasteiger partial charge in [0.1, 0.15) is 19.0 Å². The van der Waals surface area contributed by atoms with Gasteiger partial charge in [-0.25, -0.2) is 4.39 Å². The van der Waals surface area contributed by atoms with E-state index >= 15 is 0 Å². The maximum absolute atomic E-state index is 13.1. The molecule has 21 heavy (non-hydrogen) atoms. The van der Waals surface area contributed by atoms with Gasteiger partial charge in [0, 0.05) is 11.8 Å². The topological polar surface area (TPSA) is 47.6 Å². The fourth-order valence-electron chi connectivity index (χ4n) is 2.00. The van der Waals surface area contributed by atoms with Crippen LogP contribution in [0.1, 0.15) is 10.4 Å². The molecule has 4 nitrogen and oxygen atoms in total. The van der Waals surface area contributed by atoms with Gasteiger partial charge >= 0.3 is 0 Å². The molecule has 0 radical (unpaired) electrons. The second kappa shape index (κ2) is 5.61. The van der Waals surface area contributed by atoms with Gasteiger partial charge in [-0.3, -0.25) is 4.79 Å². The van der Waals surface area contributed by atoms with Crippen molar-refractivity contribution in [3.8, 4) is 11.5 Å². The van der Waals surface area contributed by atoms with Crippen LogP contribution in [-0.2, 0) is 0 Å². The molecule has 0 aliphatic carbocycles. The number of carbonyl (C=O) groups excluding carboxylic acids is 1. The van der Waals surface area contributed by atoms with E-state index in [4.69, 9.17) is 21.1 Å². The molecule has 2 aromatic rings. The van der Waals surface area contributed by atoms with Crippen molar-refractivity contribution in [1.82, 2.24) is 0 Å². The van der Waals surface area contributed by atoms with Crippen LogP contribution in [0.3, 0.4) is 0 Å². The molecule has 1 aliphatic rings. The highest BCUT2D eigenvalue weighted by Gasteiger charge is 2.19. The quantitative estimate of drug-likeness (QED) is 0.923. The molecule has 0 atom stereocenters. The largest absolute Gasteiger partial charge is 0.486 e. The van der Waals surface area contributed by atoms with Crippen LogP contribution in [0.5, 0.6) is 11.5 Å². The van der Waals surface area contributed by atoms with Gasteiger partial charge in [-0.2, -0.15) is 0 Å². The summed E-state index contributed by atoms with van der Waals surface area (Å²) in [5.41, 5.74) is 0.594.